The number of nitrogens with zero attached hydrogens (tertiary/aromatic N) is 2. The van der Waals surface area contributed by atoms with Crippen molar-refractivity contribution in [1.29, 1.82) is 0 Å². The molecule has 2 aromatic carbocycles. The molecule has 160 valence electrons. The largest absolute Gasteiger partial charge is 0.494 e. The summed E-state index contributed by atoms with van der Waals surface area (Å²) in [7, 11) is 0. The third kappa shape index (κ3) is 3.24. The average molecular weight is 426 g/mol. The molecule has 0 saturated carbocycles. The number of carbonyl (C=O) groups is 1. The van der Waals surface area contributed by atoms with Crippen LogP contribution in [0.2, 0.25) is 0 Å². The molecule has 0 saturated heterocycles. The molecular weight excluding hydrogens is 404 g/mol. The van der Waals surface area contributed by atoms with Crippen LogP contribution in [0.1, 0.15) is 46.6 Å². The summed E-state index contributed by atoms with van der Waals surface area (Å²) in [6, 6.07) is 17.5. The SMILES string of the molecule is CCCOc1cccc(C2c3c(oc4ccccc4c3=O)C(=O)N2c2cc(C)ccn2)c1. The van der Waals surface area contributed by atoms with Crippen molar-refractivity contribution in [3.63, 3.8) is 0 Å². The van der Waals surface area contributed by atoms with Gasteiger partial charge in [-0.25, -0.2) is 4.98 Å². The number of hydrogen-bond donors (Lipinski definition) is 0. The lowest BCUT2D eigenvalue weighted by Gasteiger charge is -2.24. The second-order valence-electron chi connectivity index (χ2n) is 7.86. The lowest BCUT2D eigenvalue weighted by molar-refractivity contribution is 0.0970. The molecule has 1 amide bonds. The van der Waals surface area contributed by atoms with Gasteiger partial charge in [-0.05, 0) is 60.9 Å². The van der Waals surface area contributed by atoms with Gasteiger partial charge in [0, 0.05) is 6.20 Å². The summed E-state index contributed by atoms with van der Waals surface area (Å²) in [5, 5.41) is 0.446. The predicted octanol–water partition coefficient (Wildman–Crippen LogP) is 5.04. The molecule has 0 N–H and O–H groups in total. The van der Waals surface area contributed by atoms with Gasteiger partial charge in [0.15, 0.2) is 5.43 Å². The van der Waals surface area contributed by atoms with Crippen molar-refractivity contribution in [3.05, 3.63) is 99.5 Å². The number of hydrogen-bond acceptors (Lipinski definition) is 5. The summed E-state index contributed by atoms with van der Waals surface area (Å²) in [5.41, 5.74) is 2.22. The molecule has 3 heterocycles. The van der Waals surface area contributed by atoms with Crippen molar-refractivity contribution in [2.75, 3.05) is 11.5 Å². The van der Waals surface area contributed by atoms with E-state index in [-0.39, 0.29) is 17.1 Å². The smallest absolute Gasteiger partial charge is 0.296 e. The normalized spacial score (nSPS) is 15.2. The highest BCUT2D eigenvalue weighted by Gasteiger charge is 2.44. The van der Waals surface area contributed by atoms with Crippen molar-refractivity contribution in [2.24, 2.45) is 0 Å². The summed E-state index contributed by atoms with van der Waals surface area (Å²) in [5.74, 6) is 0.829. The maximum atomic E-state index is 13.6. The van der Waals surface area contributed by atoms with Crippen LogP contribution in [0.15, 0.2) is 76.1 Å². The van der Waals surface area contributed by atoms with Crippen LogP contribution < -0.4 is 15.1 Å². The quantitative estimate of drug-likeness (QED) is 0.447. The first kappa shape index (κ1) is 20.0. The zero-order chi connectivity index (χ0) is 22.2. The molecule has 1 atom stereocenters. The van der Waals surface area contributed by atoms with Gasteiger partial charge in [-0.3, -0.25) is 14.5 Å². The number of rotatable bonds is 5. The molecule has 6 heteroatoms. The van der Waals surface area contributed by atoms with Gasteiger partial charge >= 0.3 is 0 Å². The summed E-state index contributed by atoms with van der Waals surface area (Å²) in [6.07, 6.45) is 2.54. The molecule has 2 aromatic heterocycles. The maximum Gasteiger partial charge on any atom is 0.296 e. The van der Waals surface area contributed by atoms with E-state index in [1.165, 1.54) is 0 Å². The summed E-state index contributed by atoms with van der Waals surface area (Å²) in [6.45, 7) is 4.56. The monoisotopic (exact) mass is 426 g/mol. The lowest BCUT2D eigenvalue weighted by Crippen LogP contribution is -2.30. The average Bonchev–Trinajstić information content (AvgIpc) is 3.10. The molecule has 1 unspecified atom stereocenters. The minimum absolute atomic E-state index is 0.0573. The Balaban J connectivity index is 1.76. The van der Waals surface area contributed by atoms with E-state index < -0.39 is 6.04 Å². The Labute approximate surface area is 185 Å². The van der Waals surface area contributed by atoms with E-state index in [9.17, 15) is 9.59 Å². The first-order valence-electron chi connectivity index (χ1n) is 10.6. The van der Waals surface area contributed by atoms with Gasteiger partial charge in [0.1, 0.15) is 17.2 Å². The lowest BCUT2D eigenvalue weighted by atomic mass is 9.98. The minimum atomic E-state index is -0.669. The van der Waals surface area contributed by atoms with E-state index in [4.69, 9.17) is 9.15 Å². The fourth-order valence-electron chi connectivity index (χ4n) is 4.12. The number of pyridine rings is 1. The van der Waals surface area contributed by atoms with E-state index in [0.717, 1.165) is 17.5 Å². The molecule has 0 aliphatic carbocycles. The standard InChI is InChI=1S/C26H22N2O4/c1-3-13-31-18-8-6-7-17(15-18)23-22-24(29)19-9-4-5-10-20(19)32-25(22)26(30)28(23)21-14-16(2)11-12-27-21/h4-12,14-15,23H,3,13H2,1-2H3. The number of para-hydroxylation sites is 1. The van der Waals surface area contributed by atoms with Gasteiger partial charge in [0.05, 0.1) is 23.6 Å². The van der Waals surface area contributed by atoms with Gasteiger partial charge < -0.3 is 9.15 Å². The number of aromatic nitrogens is 1. The fraction of sp³-hybridized carbons (Fsp3) is 0.192. The number of aryl methyl sites for hydroxylation is 1. The third-order valence-electron chi connectivity index (χ3n) is 5.57. The number of fused-ring (bicyclic) bond motifs is 2. The van der Waals surface area contributed by atoms with Crippen LogP contribution in [-0.2, 0) is 0 Å². The van der Waals surface area contributed by atoms with Crippen LogP contribution in [0.25, 0.3) is 11.0 Å². The summed E-state index contributed by atoms with van der Waals surface area (Å²) in [4.78, 5) is 33.1. The topological polar surface area (TPSA) is 72.6 Å². The Kier molecular flexibility index (Phi) is 4.98. The first-order chi connectivity index (χ1) is 15.6. The van der Waals surface area contributed by atoms with Crippen LogP contribution in [0.3, 0.4) is 0 Å². The Morgan fingerprint density at radius 1 is 1.06 bits per heavy atom. The number of anilines is 1. The van der Waals surface area contributed by atoms with Crippen molar-refractivity contribution in [3.8, 4) is 5.75 Å². The maximum absolute atomic E-state index is 13.6. The van der Waals surface area contributed by atoms with Crippen molar-refractivity contribution >= 4 is 22.7 Å². The van der Waals surface area contributed by atoms with Gasteiger partial charge in [0.25, 0.3) is 5.91 Å². The molecule has 32 heavy (non-hydrogen) atoms. The van der Waals surface area contributed by atoms with Crippen LogP contribution in [-0.4, -0.2) is 17.5 Å². The zero-order valence-electron chi connectivity index (χ0n) is 17.9. The fourth-order valence-corrected chi connectivity index (χ4v) is 4.12. The van der Waals surface area contributed by atoms with Gasteiger partial charge in [-0.1, -0.05) is 31.2 Å². The number of benzene rings is 2. The summed E-state index contributed by atoms with van der Waals surface area (Å²) < 4.78 is 11.8. The van der Waals surface area contributed by atoms with E-state index in [2.05, 4.69) is 4.98 Å². The van der Waals surface area contributed by atoms with Crippen LogP contribution in [0.5, 0.6) is 5.75 Å². The Morgan fingerprint density at radius 2 is 1.91 bits per heavy atom. The van der Waals surface area contributed by atoms with Gasteiger partial charge in [-0.15, -0.1) is 0 Å². The zero-order valence-corrected chi connectivity index (χ0v) is 17.9. The molecule has 6 nitrogen and oxygen atoms in total. The van der Waals surface area contributed by atoms with E-state index in [1.807, 2.05) is 50.2 Å². The Morgan fingerprint density at radius 3 is 2.72 bits per heavy atom. The molecule has 4 aromatic rings. The predicted molar refractivity (Wildman–Crippen MR) is 122 cm³/mol. The van der Waals surface area contributed by atoms with Gasteiger partial charge in [0.2, 0.25) is 5.76 Å². The van der Waals surface area contributed by atoms with Crippen molar-refractivity contribution in [1.82, 2.24) is 4.98 Å². The summed E-state index contributed by atoms with van der Waals surface area (Å²) >= 11 is 0. The Hall–Kier alpha value is -3.93. The molecule has 5 rings (SSSR count). The molecule has 1 aliphatic rings. The van der Waals surface area contributed by atoms with Crippen molar-refractivity contribution in [2.45, 2.75) is 26.3 Å². The highest BCUT2D eigenvalue weighted by molar-refractivity contribution is 6.10. The molecule has 0 bridgehead atoms. The van der Waals surface area contributed by atoms with Gasteiger partial charge in [-0.2, -0.15) is 0 Å². The number of ether oxygens (including phenoxy) is 1. The second-order valence-corrected chi connectivity index (χ2v) is 7.86. The molecule has 0 spiro atoms. The second kappa shape index (κ2) is 7.96. The highest BCUT2D eigenvalue weighted by Crippen LogP contribution is 2.41. The van der Waals surface area contributed by atoms with E-state index in [1.54, 1.807) is 35.4 Å². The molecular formula is C26H22N2O4. The van der Waals surface area contributed by atoms with Crippen LogP contribution in [0.4, 0.5) is 5.82 Å². The van der Waals surface area contributed by atoms with Crippen LogP contribution >= 0.6 is 0 Å². The number of carbonyl (C=O) groups excluding carboxylic acids is 1. The van der Waals surface area contributed by atoms with E-state index in [0.29, 0.717) is 34.7 Å². The minimum Gasteiger partial charge on any atom is -0.494 e. The number of amides is 1. The van der Waals surface area contributed by atoms with Crippen LogP contribution in [0, 0.1) is 6.92 Å². The van der Waals surface area contributed by atoms with Crippen molar-refractivity contribution < 1.29 is 13.9 Å². The molecule has 0 radical (unpaired) electrons. The molecule has 0 fully saturated rings. The molecule has 1 aliphatic heterocycles. The third-order valence-corrected chi connectivity index (χ3v) is 5.57. The van der Waals surface area contributed by atoms with E-state index >= 15 is 0 Å². The highest BCUT2D eigenvalue weighted by atomic mass is 16.5. The first-order valence-corrected chi connectivity index (χ1v) is 10.6. The Bertz CT molecular complexity index is 1390.